The van der Waals surface area contributed by atoms with Crippen molar-refractivity contribution in [3.05, 3.63) is 0 Å². The minimum Gasteiger partial charge on any atom is -0.409 e. The number of nitrogens with one attached hydrogen (secondary N) is 1. The van der Waals surface area contributed by atoms with E-state index in [0.29, 0.717) is 0 Å². The molecule has 0 aliphatic heterocycles. The van der Waals surface area contributed by atoms with E-state index < -0.39 is 11.9 Å². The lowest BCUT2D eigenvalue weighted by molar-refractivity contribution is -0.119. The number of oxime groups is 1. The highest BCUT2D eigenvalue weighted by atomic mass is 16.4. The summed E-state index contributed by atoms with van der Waals surface area (Å²) in [6.45, 7) is 3.26. The number of hydrogen-bond acceptors (Lipinski definition) is 4. The summed E-state index contributed by atoms with van der Waals surface area (Å²) in [5, 5.41) is 13.8. The maximum Gasteiger partial charge on any atom is 0.234 e. The molecule has 0 aromatic carbocycles. The first-order chi connectivity index (χ1) is 5.49. The number of nitrogens with two attached hydrogens (primary N) is 2. The van der Waals surface area contributed by atoms with Gasteiger partial charge in [0, 0.05) is 0 Å². The van der Waals surface area contributed by atoms with Crippen molar-refractivity contribution in [3.8, 4) is 0 Å². The zero-order chi connectivity index (χ0) is 9.72. The Bertz CT molecular complexity index is 192. The molecule has 0 radical (unpaired) electrons. The minimum absolute atomic E-state index is 0.0168. The smallest absolute Gasteiger partial charge is 0.234 e. The van der Waals surface area contributed by atoms with Gasteiger partial charge < -0.3 is 16.7 Å². The van der Waals surface area contributed by atoms with Gasteiger partial charge in [0.1, 0.15) is 0 Å². The third-order valence-corrected chi connectivity index (χ3v) is 1.49. The van der Waals surface area contributed by atoms with Crippen LogP contribution in [0.3, 0.4) is 0 Å². The average molecular weight is 174 g/mol. The Hall–Kier alpha value is -1.30. The number of carbonyl (C=O) groups is 1. The van der Waals surface area contributed by atoms with Gasteiger partial charge in [0.05, 0.1) is 12.1 Å². The van der Waals surface area contributed by atoms with E-state index in [4.69, 9.17) is 16.7 Å². The van der Waals surface area contributed by atoms with E-state index in [2.05, 4.69) is 10.5 Å². The van der Waals surface area contributed by atoms with Crippen molar-refractivity contribution in [1.29, 1.82) is 0 Å². The molecular formula is C6H14N4O2. The highest BCUT2D eigenvalue weighted by Gasteiger charge is 2.14. The van der Waals surface area contributed by atoms with Crippen LogP contribution in [0.5, 0.6) is 0 Å². The van der Waals surface area contributed by atoms with E-state index in [1.807, 2.05) is 0 Å². The lowest BCUT2D eigenvalue weighted by Crippen LogP contribution is -2.48. The van der Waals surface area contributed by atoms with Crippen molar-refractivity contribution in [3.63, 3.8) is 0 Å². The van der Waals surface area contributed by atoms with Crippen LogP contribution in [-0.4, -0.2) is 29.0 Å². The Morgan fingerprint density at radius 2 is 1.92 bits per heavy atom. The van der Waals surface area contributed by atoms with Crippen LogP contribution in [0, 0.1) is 0 Å². The SMILES string of the molecule is CC(NC(C)C(N)=NO)C(N)=O. The van der Waals surface area contributed by atoms with E-state index in [-0.39, 0.29) is 11.9 Å². The first kappa shape index (κ1) is 10.7. The van der Waals surface area contributed by atoms with Crippen LogP contribution >= 0.6 is 0 Å². The fraction of sp³-hybridized carbons (Fsp3) is 0.667. The summed E-state index contributed by atoms with van der Waals surface area (Å²) < 4.78 is 0. The fourth-order valence-electron chi connectivity index (χ4n) is 0.629. The van der Waals surface area contributed by atoms with Crippen LogP contribution in [0.1, 0.15) is 13.8 Å². The van der Waals surface area contributed by atoms with Crippen LogP contribution in [0.15, 0.2) is 5.16 Å². The van der Waals surface area contributed by atoms with E-state index in [1.165, 1.54) is 0 Å². The quantitative estimate of drug-likeness (QED) is 0.181. The van der Waals surface area contributed by atoms with Gasteiger partial charge in [0.25, 0.3) is 0 Å². The molecular weight excluding hydrogens is 160 g/mol. The molecule has 0 fully saturated rings. The van der Waals surface area contributed by atoms with Crippen molar-refractivity contribution < 1.29 is 10.0 Å². The van der Waals surface area contributed by atoms with E-state index in [0.717, 1.165) is 0 Å². The molecule has 0 saturated heterocycles. The van der Waals surface area contributed by atoms with Gasteiger partial charge in [0.15, 0.2) is 5.84 Å². The Labute approximate surface area is 70.6 Å². The molecule has 1 amide bonds. The summed E-state index contributed by atoms with van der Waals surface area (Å²) >= 11 is 0. The van der Waals surface area contributed by atoms with Crippen molar-refractivity contribution >= 4 is 11.7 Å². The zero-order valence-electron chi connectivity index (χ0n) is 7.11. The highest BCUT2D eigenvalue weighted by Crippen LogP contribution is 1.86. The topological polar surface area (TPSA) is 114 Å². The van der Waals surface area contributed by atoms with Gasteiger partial charge in [-0.1, -0.05) is 5.16 Å². The highest BCUT2D eigenvalue weighted by molar-refractivity contribution is 5.86. The van der Waals surface area contributed by atoms with Gasteiger partial charge >= 0.3 is 0 Å². The number of carbonyl (C=O) groups excluding carboxylic acids is 1. The minimum atomic E-state index is -0.500. The molecule has 6 heteroatoms. The van der Waals surface area contributed by atoms with Gasteiger partial charge in [-0.2, -0.15) is 0 Å². The van der Waals surface area contributed by atoms with Crippen molar-refractivity contribution in [2.45, 2.75) is 25.9 Å². The van der Waals surface area contributed by atoms with E-state index in [9.17, 15) is 4.79 Å². The summed E-state index contributed by atoms with van der Waals surface area (Å²) in [4.78, 5) is 10.6. The molecule has 6 nitrogen and oxygen atoms in total. The Kier molecular flexibility index (Phi) is 4.06. The van der Waals surface area contributed by atoms with Gasteiger partial charge in [-0.05, 0) is 13.8 Å². The molecule has 2 atom stereocenters. The van der Waals surface area contributed by atoms with Crippen molar-refractivity contribution in [1.82, 2.24) is 5.32 Å². The van der Waals surface area contributed by atoms with Gasteiger partial charge in [0.2, 0.25) is 5.91 Å². The largest absolute Gasteiger partial charge is 0.409 e. The summed E-state index contributed by atoms with van der Waals surface area (Å²) in [7, 11) is 0. The van der Waals surface area contributed by atoms with Crippen LogP contribution in [0.4, 0.5) is 0 Å². The molecule has 0 saturated carbocycles. The maximum atomic E-state index is 10.6. The molecule has 0 spiro atoms. The molecule has 6 N–H and O–H groups in total. The van der Waals surface area contributed by atoms with Crippen LogP contribution < -0.4 is 16.8 Å². The zero-order valence-corrected chi connectivity index (χ0v) is 7.11. The fourth-order valence-corrected chi connectivity index (χ4v) is 0.629. The number of primary amides is 1. The summed E-state index contributed by atoms with van der Waals surface area (Å²) in [5.74, 6) is -0.462. The second-order valence-corrected chi connectivity index (χ2v) is 2.54. The lowest BCUT2D eigenvalue weighted by Gasteiger charge is -2.15. The standard InChI is InChI=1S/C6H14N4O2/c1-3(5(7)10-12)9-4(2)6(8)11/h3-4,9,12H,1-2H3,(H2,7,10)(H2,8,11). The molecule has 0 aromatic rings. The Morgan fingerprint density at radius 1 is 1.42 bits per heavy atom. The molecule has 0 bridgehead atoms. The molecule has 70 valence electrons. The molecule has 12 heavy (non-hydrogen) atoms. The normalized spacial score (nSPS) is 17.0. The molecule has 0 rings (SSSR count). The maximum absolute atomic E-state index is 10.6. The average Bonchev–Trinajstić information content (AvgIpc) is 2.02. The summed E-state index contributed by atoms with van der Waals surface area (Å²) in [6.07, 6.45) is 0. The second kappa shape index (κ2) is 4.55. The predicted octanol–water partition coefficient (Wildman–Crippen LogP) is -1.42. The van der Waals surface area contributed by atoms with E-state index in [1.54, 1.807) is 13.8 Å². The monoisotopic (exact) mass is 174 g/mol. The van der Waals surface area contributed by atoms with Gasteiger partial charge in [-0.3, -0.25) is 10.1 Å². The van der Waals surface area contributed by atoms with Crippen molar-refractivity contribution in [2.75, 3.05) is 0 Å². The van der Waals surface area contributed by atoms with E-state index >= 15 is 0 Å². The molecule has 0 aromatic heterocycles. The predicted molar refractivity (Wildman–Crippen MR) is 44.7 cm³/mol. The number of hydrogen-bond donors (Lipinski definition) is 4. The van der Waals surface area contributed by atoms with Gasteiger partial charge in [-0.25, -0.2) is 0 Å². The Balaban J connectivity index is 4.00. The number of rotatable bonds is 4. The molecule has 0 heterocycles. The lowest BCUT2D eigenvalue weighted by atomic mass is 10.2. The Morgan fingerprint density at radius 3 is 2.25 bits per heavy atom. The first-order valence-electron chi connectivity index (χ1n) is 3.51. The number of amidine groups is 1. The number of nitrogens with zero attached hydrogens (tertiary/aromatic N) is 1. The third kappa shape index (κ3) is 3.20. The molecule has 0 aliphatic carbocycles. The van der Waals surface area contributed by atoms with Crippen LogP contribution in [0.2, 0.25) is 0 Å². The van der Waals surface area contributed by atoms with Gasteiger partial charge in [-0.15, -0.1) is 0 Å². The summed E-state index contributed by atoms with van der Waals surface area (Å²) in [5.41, 5.74) is 10.2. The second-order valence-electron chi connectivity index (χ2n) is 2.54. The third-order valence-electron chi connectivity index (χ3n) is 1.49. The number of amides is 1. The van der Waals surface area contributed by atoms with Crippen LogP contribution in [-0.2, 0) is 4.79 Å². The molecule has 0 aliphatic rings. The first-order valence-corrected chi connectivity index (χ1v) is 3.51. The molecule has 2 unspecified atom stereocenters. The van der Waals surface area contributed by atoms with Crippen LogP contribution in [0.25, 0.3) is 0 Å². The van der Waals surface area contributed by atoms with Crippen molar-refractivity contribution in [2.24, 2.45) is 16.6 Å². The summed E-state index contributed by atoms with van der Waals surface area (Å²) in [6, 6.07) is -0.877.